The Morgan fingerprint density at radius 1 is 1.00 bits per heavy atom. The van der Waals surface area contributed by atoms with Crippen LogP contribution in [0, 0.1) is 22.7 Å². The molecule has 0 unspecified atom stereocenters. The first-order chi connectivity index (χ1) is 10.9. The molecule has 0 saturated heterocycles. The van der Waals surface area contributed by atoms with Crippen molar-refractivity contribution < 1.29 is 18.1 Å². The smallest absolute Gasteiger partial charge is 0.286 e. The normalized spacial score (nSPS) is 11.6. The van der Waals surface area contributed by atoms with Gasteiger partial charge in [-0.25, -0.2) is 4.57 Å². The summed E-state index contributed by atoms with van der Waals surface area (Å²) in [5, 5.41) is 17.0. The molecule has 0 N–H and O–H groups in total. The molecule has 128 valence electrons. The standard InChI is InChI=1S/C16H25N2O4P/c1-15(2)7-4-8-16(3)9-14-22-23(19,20-12-5-10-17)21-13-6-11-18/h7,9H,4-6,8,12-14H2,1-3H3/b16-9+. The molecular weight excluding hydrogens is 315 g/mol. The number of nitrogens with zero attached hydrogens (tertiary/aromatic N) is 2. The van der Waals surface area contributed by atoms with E-state index in [9.17, 15) is 4.57 Å². The Balaban J connectivity index is 4.41. The van der Waals surface area contributed by atoms with Crippen molar-refractivity contribution in [3.05, 3.63) is 23.3 Å². The van der Waals surface area contributed by atoms with Crippen LogP contribution in [0.4, 0.5) is 0 Å². The second kappa shape index (κ2) is 13.0. The van der Waals surface area contributed by atoms with Crippen molar-refractivity contribution in [2.75, 3.05) is 19.8 Å². The van der Waals surface area contributed by atoms with Gasteiger partial charge in [-0.15, -0.1) is 0 Å². The van der Waals surface area contributed by atoms with Crippen LogP contribution in [0.25, 0.3) is 0 Å². The number of phosphoric ester groups is 1. The van der Waals surface area contributed by atoms with Crippen LogP contribution in [0.15, 0.2) is 23.3 Å². The summed E-state index contributed by atoms with van der Waals surface area (Å²) in [4.78, 5) is 0. The minimum atomic E-state index is -3.74. The van der Waals surface area contributed by atoms with E-state index in [-0.39, 0.29) is 32.7 Å². The van der Waals surface area contributed by atoms with E-state index in [0.29, 0.717) is 0 Å². The van der Waals surface area contributed by atoms with Gasteiger partial charge in [0.2, 0.25) is 0 Å². The van der Waals surface area contributed by atoms with Crippen molar-refractivity contribution in [2.24, 2.45) is 0 Å². The highest BCUT2D eigenvalue weighted by Crippen LogP contribution is 2.49. The van der Waals surface area contributed by atoms with Crippen molar-refractivity contribution in [3.63, 3.8) is 0 Å². The van der Waals surface area contributed by atoms with Crippen LogP contribution in [0.2, 0.25) is 0 Å². The number of phosphoric acid groups is 1. The molecule has 0 atom stereocenters. The van der Waals surface area contributed by atoms with Gasteiger partial charge in [-0.1, -0.05) is 23.3 Å². The molecule has 0 aromatic rings. The molecule has 0 saturated carbocycles. The lowest BCUT2D eigenvalue weighted by Gasteiger charge is -2.16. The number of hydrogen-bond donors (Lipinski definition) is 0. The van der Waals surface area contributed by atoms with Gasteiger partial charge in [0.1, 0.15) is 0 Å². The maximum absolute atomic E-state index is 12.3. The molecule has 0 radical (unpaired) electrons. The van der Waals surface area contributed by atoms with Crippen LogP contribution in [-0.4, -0.2) is 19.8 Å². The Morgan fingerprint density at radius 2 is 1.57 bits per heavy atom. The Morgan fingerprint density at radius 3 is 2.04 bits per heavy atom. The van der Waals surface area contributed by atoms with E-state index in [1.54, 1.807) is 0 Å². The summed E-state index contributed by atoms with van der Waals surface area (Å²) in [6.45, 7) is 6.09. The lowest BCUT2D eigenvalue weighted by molar-refractivity contribution is 0.125. The zero-order valence-corrected chi connectivity index (χ0v) is 15.0. The molecule has 0 heterocycles. The third-order valence-electron chi connectivity index (χ3n) is 2.68. The van der Waals surface area contributed by atoms with Gasteiger partial charge in [0.15, 0.2) is 0 Å². The fraction of sp³-hybridized carbons (Fsp3) is 0.625. The highest BCUT2D eigenvalue weighted by molar-refractivity contribution is 7.48. The minimum absolute atomic E-state index is 0.0381. The molecule has 0 aromatic carbocycles. The first kappa shape index (κ1) is 21.6. The molecule has 0 rings (SSSR count). The maximum Gasteiger partial charge on any atom is 0.475 e. The van der Waals surface area contributed by atoms with Crippen molar-refractivity contribution in [3.8, 4) is 12.1 Å². The average molecular weight is 340 g/mol. The van der Waals surface area contributed by atoms with E-state index in [1.165, 1.54) is 5.57 Å². The molecule has 0 aliphatic rings. The summed E-state index contributed by atoms with van der Waals surface area (Å²) >= 11 is 0. The summed E-state index contributed by atoms with van der Waals surface area (Å²) in [5.41, 5.74) is 2.39. The first-order valence-electron chi connectivity index (χ1n) is 7.50. The summed E-state index contributed by atoms with van der Waals surface area (Å²) in [7, 11) is -3.74. The summed E-state index contributed by atoms with van der Waals surface area (Å²) < 4.78 is 27.6. The Hall–Kier alpha value is -1.43. The van der Waals surface area contributed by atoms with Gasteiger partial charge < -0.3 is 0 Å². The summed E-state index contributed by atoms with van der Waals surface area (Å²) in [6, 6.07) is 3.77. The van der Waals surface area contributed by atoms with Crippen molar-refractivity contribution in [2.45, 2.75) is 46.5 Å². The molecule has 0 amide bonds. The zero-order valence-electron chi connectivity index (χ0n) is 14.1. The first-order valence-corrected chi connectivity index (χ1v) is 8.96. The van der Waals surface area contributed by atoms with Crippen LogP contribution in [0.1, 0.15) is 46.5 Å². The van der Waals surface area contributed by atoms with Gasteiger partial charge in [-0.3, -0.25) is 13.6 Å². The predicted molar refractivity (Wildman–Crippen MR) is 88.3 cm³/mol. The highest BCUT2D eigenvalue weighted by atomic mass is 31.2. The Bertz CT molecular complexity index is 501. The molecule has 0 bridgehead atoms. The summed E-state index contributed by atoms with van der Waals surface area (Å²) in [6.07, 6.45) is 5.99. The predicted octanol–water partition coefficient (Wildman–Crippen LogP) is 4.66. The van der Waals surface area contributed by atoms with E-state index >= 15 is 0 Å². The lowest BCUT2D eigenvalue weighted by Crippen LogP contribution is -2.03. The van der Waals surface area contributed by atoms with Crippen LogP contribution in [0.5, 0.6) is 0 Å². The van der Waals surface area contributed by atoms with Gasteiger partial charge in [0, 0.05) is 0 Å². The molecule has 0 aliphatic heterocycles. The van der Waals surface area contributed by atoms with Crippen LogP contribution >= 0.6 is 7.82 Å². The van der Waals surface area contributed by atoms with Gasteiger partial charge >= 0.3 is 7.82 Å². The van der Waals surface area contributed by atoms with Crippen LogP contribution in [0.3, 0.4) is 0 Å². The van der Waals surface area contributed by atoms with Gasteiger partial charge in [-0.05, 0) is 33.6 Å². The second-order valence-corrected chi connectivity index (χ2v) is 6.77. The molecule has 6 nitrogen and oxygen atoms in total. The Kier molecular flexibility index (Phi) is 12.2. The van der Waals surface area contributed by atoms with E-state index in [2.05, 4.69) is 19.9 Å². The minimum Gasteiger partial charge on any atom is -0.286 e. The third kappa shape index (κ3) is 12.8. The molecule has 0 fully saturated rings. The zero-order chi connectivity index (χ0) is 17.6. The van der Waals surface area contributed by atoms with Gasteiger partial charge in [0.05, 0.1) is 44.8 Å². The SMILES string of the molecule is CC(C)=CCC/C(C)=C/COP(=O)(OCCC#N)OCCC#N. The van der Waals surface area contributed by atoms with Gasteiger partial charge in [-0.2, -0.15) is 10.5 Å². The summed E-state index contributed by atoms with van der Waals surface area (Å²) in [5.74, 6) is 0. The lowest BCUT2D eigenvalue weighted by atomic mass is 10.1. The highest BCUT2D eigenvalue weighted by Gasteiger charge is 2.25. The molecule has 0 spiro atoms. The van der Waals surface area contributed by atoms with Crippen molar-refractivity contribution in [1.82, 2.24) is 0 Å². The van der Waals surface area contributed by atoms with Crippen molar-refractivity contribution >= 4 is 7.82 Å². The second-order valence-electron chi connectivity index (χ2n) is 5.10. The van der Waals surface area contributed by atoms with E-state index in [4.69, 9.17) is 24.1 Å². The third-order valence-corrected chi connectivity index (χ3v) is 4.15. The number of allylic oxidation sites excluding steroid dienone is 3. The molecule has 0 aliphatic carbocycles. The quantitative estimate of drug-likeness (QED) is 0.291. The monoisotopic (exact) mass is 340 g/mol. The number of nitriles is 2. The number of hydrogen-bond acceptors (Lipinski definition) is 6. The fourth-order valence-corrected chi connectivity index (χ4v) is 2.59. The fourth-order valence-electron chi connectivity index (χ4n) is 1.48. The van der Waals surface area contributed by atoms with E-state index < -0.39 is 7.82 Å². The Labute approximate surface area is 139 Å². The topological polar surface area (TPSA) is 92.3 Å². The van der Waals surface area contributed by atoms with Crippen molar-refractivity contribution in [1.29, 1.82) is 10.5 Å². The van der Waals surface area contributed by atoms with E-state index in [1.807, 2.05) is 25.1 Å². The molecule has 7 heteroatoms. The largest absolute Gasteiger partial charge is 0.475 e. The molecule has 23 heavy (non-hydrogen) atoms. The molecular formula is C16H25N2O4P. The van der Waals surface area contributed by atoms with Crippen LogP contribution in [-0.2, 0) is 18.1 Å². The number of rotatable bonds is 12. The van der Waals surface area contributed by atoms with E-state index in [0.717, 1.165) is 18.4 Å². The van der Waals surface area contributed by atoms with Gasteiger partial charge in [0.25, 0.3) is 0 Å². The molecule has 0 aromatic heterocycles. The average Bonchev–Trinajstić information content (AvgIpc) is 2.47. The maximum atomic E-state index is 12.3. The van der Waals surface area contributed by atoms with Crippen LogP contribution < -0.4 is 0 Å².